The predicted molar refractivity (Wildman–Crippen MR) is 122 cm³/mol. The molecule has 162 valence electrons. The van der Waals surface area contributed by atoms with Crippen molar-refractivity contribution >= 4 is 45.7 Å². The molecule has 0 bridgehead atoms. The topological polar surface area (TPSA) is 128 Å². The third-order valence-corrected chi connectivity index (χ3v) is 6.08. The van der Waals surface area contributed by atoms with Crippen LogP contribution in [0, 0.1) is 0 Å². The van der Waals surface area contributed by atoms with Gasteiger partial charge < -0.3 is 5.32 Å². The summed E-state index contributed by atoms with van der Waals surface area (Å²) in [5.74, 6) is -0.329. The van der Waals surface area contributed by atoms with Crippen LogP contribution in [0.25, 0.3) is 0 Å². The molecule has 0 aliphatic heterocycles. The van der Waals surface area contributed by atoms with Gasteiger partial charge in [0.05, 0.1) is 5.75 Å². The first-order chi connectivity index (χ1) is 15.6. The van der Waals surface area contributed by atoms with Gasteiger partial charge in [-0.15, -0.1) is 15.3 Å². The number of benzene rings is 2. The van der Waals surface area contributed by atoms with Crippen LogP contribution in [-0.4, -0.2) is 48.0 Å². The molecule has 2 aromatic heterocycles. The number of rotatable bonds is 8. The van der Waals surface area contributed by atoms with Crippen molar-refractivity contribution in [1.29, 1.82) is 0 Å². The van der Waals surface area contributed by atoms with Crippen LogP contribution in [-0.2, 0) is 18.3 Å². The highest BCUT2D eigenvalue weighted by atomic mass is 32.2. The number of aryl methyl sites for hydroxylation is 1. The van der Waals surface area contributed by atoms with E-state index in [9.17, 15) is 9.59 Å². The second kappa shape index (κ2) is 10.1. The Morgan fingerprint density at radius 1 is 1.00 bits per heavy atom. The average Bonchev–Trinajstić information content (AvgIpc) is 3.41. The van der Waals surface area contributed by atoms with Crippen LogP contribution < -0.4 is 10.6 Å². The van der Waals surface area contributed by atoms with Gasteiger partial charge in [0.15, 0.2) is 0 Å². The average molecular weight is 467 g/mol. The first-order valence-corrected chi connectivity index (χ1v) is 11.3. The molecule has 32 heavy (non-hydrogen) atoms. The maximum absolute atomic E-state index is 12.5. The molecular weight excluding hydrogens is 448 g/mol. The monoisotopic (exact) mass is 466 g/mol. The zero-order valence-electron chi connectivity index (χ0n) is 16.9. The molecule has 0 unspecified atom stereocenters. The van der Waals surface area contributed by atoms with E-state index in [0.29, 0.717) is 28.0 Å². The third kappa shape index (κ3) is 5.74. The fourth-order valence-corrected chi connectivity index (χ4v) is 4.11. The first kappa shape index (κ1) is 21.6. The highest BCUT2D eigenvalue weighted by Crippen LogP contribution is 2.20. The Kier molecular flexibility index (Phi) is 6.82. The minimum atomic E-state index is -0.296. The molecular formula is C20H18N8O2S2. The molecule has 0 aliphatic rings. The molecule has 0 saturated heterocycles. The highest BCUT2D eigenvalue weighted by Gasteiger charge is 2.12. The fraction of sp³-hybridized carbons (Fsp3) is 0.150. The SMILES string of the molecule is Cn1nnnc1SCC(=O)Nc1ccc(C(=O)Nc2nnc(Cc3ccccc3)s2)cc1. The Hall–Kier alpha value is -3.64. The Morgan fingerprint density at radius 3 is 2.50 bits per heavy atom. The Balaban J connectivity index is 1.28. The first-order valence-electron chi connectivity index (χ1n) is 9.49. The van der Waals surface area contributed by atoms with Crippen LogP contribution >= 0.6 is 23.1 Å². The summed E-state index contributed by atoms with van der Waals surface area (Å²) in [4.78, 5) is 24.6. The standard InChI is InChI=1S/C20H18N8O2S2/c1-28-20(25-26-27-28)31-12-16(29)21-15-9-7-14(8-10-15)18(30)22-19-24-23-17(32-19)11-13-5-3-2-4-6-13/h2-10H,11-12H2,1H3,(H,21,29)(H,22,24,30). The lowest BCUT2D eigenvalue weighted by Gasteiger charge is -2.06. The quantitative estimate of drug-likeness (QED) is 0.379. The number of hydrogen-bond acceptors (Lipinski definition) is 9. The van der Waals surface area contributed by atoms with E-state index in [1.165, 1.54) is 27.8 Å². The second-order valence-electron chi connectivity index (χ2n) is 6.62. The Labute approximate surface area is 191 Å². The van der Waals surface area contributed by atoms with Crippen LogP contribution in [0.3, 0.4) is 0 Å². The number of nitrogens with zero attached hydrogens (tertiary/aromatic N) is 6. The van der Waals surface area contributed by atoms with Crippen LogP contribution in [0.1, 0.15) is 20.9 Å². The second-order valence-corrected chi connectivity index (χ2v) is 8.62. The zero-order chi connectivity index (χ0) is 22.3. The van der Waals surface area contributed by atoms with E-state index in [0.717, 1.165) is 10.6 Å². The summed E-state index contributed by atoms with van der Waals surface area (Å²) in [6.07, 6.45) is 0.661. The summed E-state index contributed by atoms with van der Waals surface area (Å²) in [5, 5.41) is 26.6. The van der Waals surface area contributed by atoms with E-state index in [2.05, 4.69) is 36.4 Å². The molecule has 4 rings (SSSR count). The molecule has 12 heteroatoms. The number of anilines is 2. The largest absolute Gasteiger partial charge is 0.325 e. The lowest BCUT2D eigenvalue weighted by Crippen LogP contribution is -2.15. The lowest BCUT2D eigenvalue weighted by atomic mass is 10.2. The summed E-state index contributed by atoms with van der Waals surface area (Å²) in [6.45, 7) is 0. The normalized spacial score (nSPS) is 10.7. The van der Waals surface area contributed by atoms with Gasteiger partial charge in [0.2, 0.25) is 16.2 Å². The van der Waals surface area contributed by atoms with Crippen molar-refractivity contribution in [2.75, 3.05) is 16.4 Å². The van der Waals surface area contributed by atoms with Crippen molar-refractivity contribution in [2.24, 2.45) is 7.05 Å². The number of carbonyl (C=O) groups is 2. The van der Waals surface area contributed by atoms with E-state index in [4.69, 9.17) is 0 Å². The molecule has 0 saturated carbocycles. The zero-order valence-corrected chi connectivity index (χ0v) is 18.6. The number of amides is 2. The number of tetrazole rings is 1. The summed E-state index contributed by atoms with van der Waals surface area (Å²) in [6, 6.07) is 16.6. The summed E-state index contributed by atoms with van der Waals surface area (Å²) in [7, 11) is 1.70. The van der Waals surface area contributed by atoms with Crippen LogP contribution in [0.5, 0.6) is 0 Å². The molecule has 2 N–H and O–H groups in total. The van der Waals surface area contributed by atoms with Gasteiger partial charge in [-0.05, 0) is 40.3 Å². The van der Waals surface area contributed by atoms with Gasteiger partial charge in [0, 0.05) is 24.7 Å². The number of thioether (sulfide) groups is 1. The summed E-state index contributed by atoms with van der Waals surface area (Å²) in [5.41, 5.74) is 2.16. The molecule has 2 heterocycles. The van der Waals surface area contributed by atoms with E-state index in [1.54, 1.807) is 31.3 Å². The van der Waals surface area contributed by atoms with Gasteiger partial charge in [0.1, 0.15) is 5.01 Å². The number of carbonyl (C=O) groups excluding carboxylic acids is 2. The van der Waals surface area contributed by atoms with Crippen molar-refractivity contribution < 1.29 is 9.59 Å². The number of hydrogen-bond donors (Lipinski definition) is 2. The van der Waals surface area contributed by atoms with E-state index in [1.807, 2.05) is 30.3 Å². The van der Waals surface area contributed by atoms with Crippen molar-refractivity contribution in [3.63, 3.8) is 0 Å². The minimum absolute atomic E-state index is 0.165. The van der Waals surface area contributed by atoms with E-state index in [-0.39, 0.29) is 17.6 Å². The van der Waals surface area contributed by atoms with Crippen molar-refractivity contribution in [1.82, 2.24) is 30.4 Å². The molecule has 0 spiro atoms. The number of nitrogens with one attached hydrogen (secondary N) is 2. The summed E-state index contributed by atoms with van der Waals surface area (Å²) >= 11 is 2.57. The van der Waals surface area contributed by atoms with Gasteiger partial charge >= 0.3 is 0 Å². The molecule has 2 aromatic carbocycles. The molecule has 10 nitrogen and oxygen atoms in total. The van der Waals surface area contributed by atoms with E-state index < -0.39 is 0 Å². The van der Waals surface area contributed by atoms with Gasteiger partial charge in [-0.2, -0.15) is 0 Å². The molecule has 2 amide bonds. The molecule has 4 aromatic rings. The van der Waals surface area contributed by atoms with Crippen molar-refractivity contribution in [3.05, 3.63) is 70.7 Å². The summed E-state index contributed by atoms with van der Waals surface area (Å²) < 4.78 is 1.49. The van der Waals surface area contributed by atoms with Gasteiger partial charge in [0.25, 0.3) is 5.91 Å². The Morgan fingerprint density at radius 2 is 1.78 bits per heavy atom. The predicted octanol–water partition coefficient (Wildman–Crippen LogP) is 2.64. The molecule has 0 radical (unpaired) electrons. The van der Waals surface area contributed by atoms with Crippen molar-refractivity contribution in [2.45, 2.75) is 11.6 Å². The molecule has 0 aliphatic carbocycles. The lowest BCUT2D eigenvalue weighted by molar-refractivity contribution is -0.113. The van der Waals surface area contributed by atoms with Gasteiger partial charge in [-0.25, -0.2) is 4.68 Å². The third-order valence-electron chi connectivity index (χ3n) is 4.23. The number of aromatic nitrogens is 6. The fourth-order valence-electron chi connectivity index (χ4n) is 2.69. The maximum Gasteiger partial charge on any atom is 0.257 e. The van der Waals surface area contributed by atoms with Gasteiger partial charge in [-0.1, -0.05) is 53.4 Å². The van der Waals surface area contributed by atoms with Crippen LogP contribution in [0.15, 0.2) is 59.8 Å². The molecule has 0 fully saturated rings. The van der Waals surface area contributed by atoms with Crippen LogP contribution in [0.2, 0.25) is 0 Å². The smallest absolute Gasteiger partial charge is 0.257 e. The minimum Gasteiger partial charge on any atom is -0.325 e. The van der Waals surface area contributed by atoms with E-state index >= 15 is 0 Å². The highest BCUT2D eigenvalue weighted by molar-refractivity contribution is 7.99. The Bertz CT molecular complexity index is 1210. The van der Waals surface area contributed by atoms with Gasteiger partial charge in [-0.3, -0.25) is 14.9 Å². The van der Waals surface area contributed by atoms with Crippen LogP contribution in [0.4, 0.5) is 10.8 Å². The maximum atomic E-state index is 12.5. The van der Waals surface area contributed by atoms with Crippen molar-refractivity contribution in [3.8, 4) is 0 Å². The molecule has 0 atom stereocenters.